The van der Waals surface area contributed by atoms with Gasteiger partial charge in [0.15, 0.2) is 15.5 Å². The van der Waals surface area contributed by atoms with E-state index in [1.807, 2.05) is 14.3 Å². The lowest BCUT2D eigenvalue weighted by Gasteiger charge is -2.43. The topological polar surface area (TPSA) is 116 Å². The van der Waals surface area contributed by atoms with E-state index in [9.17, 15) is 17.6 Å². The maximum atomic E-state index is 14.4. The second-order valence-corrected chi connectivity index (χ2v) is 17.0. The Kier molecular flexibility index (Phi) is 8.98. The van der Waals surface area contributed by atoms with E-state index in [1.165, 1.54) is 12.1 Å². The number of morpholine rings is 1. The number of ether oxygens (including phenoxy) is 1. The number of benzene rings is 1. The highest BCUT2D eigenvalue weighted by Gasteiger charge is 2.43. The lowest BCUT2D eigenvalue weighted by molar-refractivity contribution is -0.121. The normalized spacial score (nSPS) is 26.2. The van der Waals surface area contributed by atoms with Gasteiger partial charge in [-0.15, -0.1) is 5.10 Å². The number of carbonyl (C=O) groups excluding carboxylic acids is 1. The Morgan fingerprint density at radius 1 is 1.10 bits per heavy atom. The van der Waals surface area contributed by atoms with Gasteiger partial charge in [-0.3, -0.25) is 14.6 Å². The summed E-state index contributed by atoms with van der Waals surface area (Å²) in [5.74, 6) is 0.350. The predicted molar refractivity (Wildman–Crippen MR) is 183 cm³/mol. The molecule has 0 bridgehead atoms. The first-order valence-electron chi connectivity index (χ1n) is 17.1. The highest BCUT2D eigenvalue weighted by Crippen LogP contribution is 2.42. The van der Waals surface area contributed by atoms with E-state index in [0.29, 0.717) is 50.2 Å². The van der Waals surface area contributed by atoms with Gasteiger partial charge in [-0.25, -0.2) is 17.3 Å². The zero-order valence-electron chi connectivity index (χ0n) is 28.4. The molecule has 48 heavy (non-hydrogen) atoms. The van der Waals surface area contributed by atoms with Crippen molar-refractivity contribution >= 4 is 33.0 Å². The fourth-order valence-electron chi connectivity index (χ4n) is 7.65. The molecule has 1 N–H and O–H groups in total. The van der Waals surface area contributed by atoms with Crippen molar-refractivity contribution in [2.75, 3.05) is 86.9 Å². The number of nitrogens with zero attached hydrogens (tertiary/aromatic N) is 7. The van der Waals surface area contributed by atoms with Crippen molar-refractivity contribution in [1.29, 1.82) is 0 Å². The molecular weight excluding hydrogens is 635 g/mol. The summed E-state index contributed by atoms with van der Waals surface area (Å²) in [6.45, 7) is 14.9. The van der Waals surface area contributed by atoms with Crippen molar-refractivity contribution < 1.29 is 22.3 Å². The van der Waals surface area contributed by atoms with Crippen LogP contribution in [0.1, 0.15) is 44.5 Å². The number of pyridine rings is 1. The van der Waals surface area contributed by atoms with Gasteiger partial charge in [-0.05, 0) is 37.6 Å². The summed E-state index contributed by atoms with van der Waals surface area (Å²) in [5, 5.41) is 8.60. The molecule has 0 saturated carbocycles. The molecule has 14 heteroatoms. The van der Waals surface area contributed by atoms with Crippen LogP contribution in [0.25, 0.3) is 5.65 Å². The number of nitrogens with one attached hydrogen (secondary N) is 1. The van der Waals surface area contributed by atoms with Gasteiger partial charge in [0.05, 0.1) is 42.6 Å². The number of sulfone groups is 1. The third-order valence-electron chi connectivity index (χ3n) is 10.4. The molecule has 4 aliphatic heterocycles. The van der Waals surface area contributed by atoms with E-state index < -0.39 is 15.3 Å². The number of hydrogen-bond donors (Lipinski definition) is 1. The minimum Gasteiger partial charge on any atom is -0.379 e. The number of carbonyl (C=O) groups is 1. The first-order chi connectivity index (χ1) is 22.9. The Morgan fingerprint density at radius 3 is 2.58 bits per heavy atom. The predicted octanol–water partition coefficient (Wildman–Crippen LogP) is 1.70. The number of halogens is 1. The van der Waals surface area contributed by atoms with Crippen molar-refractivity contribution in [3.05, 3.63) is 53.0 Å². The van der Waals surface area contributed by atoms with Gasteiger partial charge in [0.1, 0.15) is 5.82 Å². The summed E-state index contributed by atoms with van der Waals surface area (Å²) in [7, 11) is -3.08. The second kappa shape index (κ2) is 12.9. The standard InChI is InChI=1S/C34H47FN8O4S/c1-23-18-41(28(17-36-23)19-40-9-12-47-21-24(40)2)20-30(44)42-22-34(3,4)31-29(42)16-26(15-25-5-7-27(35)8-6-25)32-37-33(38-43(31)32)39-10-13-48(45,46)14-11-39/h5-8,16,23-24,28,36H,9-15,17-22H2,1-4H3/t23-,24-,28-/m1/s1. The molecule has 260 valence electrons. The Hall–Kier alpha value is -3.17. The number of anilines is 2. The Labute approximate surface area is 282 Å². The lowest BCUT2D eigenvalue weighted by atomic mass is 9.90. The van der Waals surface area contributed by atoms with Crippen molar-refractivity contribution in [1.82, 2.24) is 29.7 Å². The fraction of sp³-hybridized carbons (Fsp3) is 0.618. The maximum absolute atomic E-state index is 14.4. The molecule has 0 aliphatic carbocycles. The van der Waals surface area contributed by atoms with E-state index in [0.717, 1.165) is 61.9 Å². The first kappa shape index (κ1) is 33.3. The number of amides is 1. The molecule has 7 rings (SSSR count). The average molecular weight is 683 g/mol. The van der Waals surface area contributed by atoms with Crippen LogP contribution in [-0.2, 0) is 31.2 Å². The molecule has 1 aromatic carbocycles. The quantitative estimate of drug-likeness (QED) is 0.395. The van der Waals surface area contributed by atoms with Gasteiger partial charge < -0.3 is 19.9 Å². The fourth-order valence-corrected chi connectivity index (χ4v) is 8.86. The maximum Gasteiger partial charge on any atom is 0.245 e. The van der Waals surface area contributed by atoms with Crippen LogP contribution in [0.15, 0.2) is 30.3 Å². The third-order valence-corrected chi connectivity index (χ3v) is 12.0. The largest absolute Gasteiger partial charge is 0.379 e. The molecule has 3 atom stereocenters. The van der Waals surface area contributed by atoms with E-state index >= 15 is 0 Å². The molecule has 6 heterocycles. The van der Waals surface area contributed by atoms with E-state index in [-0.39, 0.29) is 35.3 Å². The second-order valence-electron chi connectivity index (χ2n) is 14.7. The molecule has 3 fully saturated rings. The minimum absolute atomic E-state index is 0.0459. The molecule has 0 unspecified atom stereocenters. The van der Waals surface area contributed by atoms with Crippen LogP contribution in [0.2, 0.25) is 0 Å². The SMILES string of the molecule is C[C@@H]1CN(CC(=O)N2CC(C)(C)c3c2cc(Cc2ccc(F)cc2)c2nc(N4CCS(=O)(=O)CC4)nn32)[C@@H](CN2CCOC[C@H]2C)CN1. The zero-order valence-corrected chi connectivity index (χ0v) is 29.2. The van der Waals surface area contributed by atoms with E-state index in [2.05, 4.69) is 48.9 Å². The number of hydrogen-bond acceptors (Lipinski definition) is 10. The van der Waals surface area contributed by atoms with Gasteiger partial charge >= 0.3 is 0 Å². The molecular formula is C34H47FN8O4S. The van der Waals surface area contributed by atoms with E-state index in [1.54, 1.807) is 12.1 Å². The first-order valence-corrected chi connectivity index (χ1v) is 18.9. The number of aromatic nitrogens is 3. The minimum atomic E-state index is -3.08. The van der Waals surface area contributed by atoms with Crippen LogP contribution in [0, 0.1) is 5.82 Å². The van der Waals surface area contributed by atoms with Gasteiger partial charge in [0, 0.05) is 81.3 Å². The number of piperazine rings is 1. The van der Waals surface area contributed by atoms with Crippen LogP contribution >= 0.6 is 0 Å². The molecule has 0 spiro atoms. The van der Waals surface area contributed by atoms with Crippen molar-refractivity contribution in [3.63, 3.8) is 0 Å². The highest BCUT2D eigenvalue weighted by atomic mass is 32.2. The lowest BCUT2D eigenvalue weighted by Crippen LogP contribution is -2.62. The number of rotatable bonds is 7. The molecule has 1 amide bonds. The molecule has 3 aromatic rings. The monoisotopic (exact) mass is 682 g/mol. The average Bonchev–Trinajstić information content (AvgIpc) is 3.59. The highest BCUT2D eigenvalue weighted by molar-refractivity contribution is 7.91. The molecule has 2 aromatic heterocycles. The van der Waals surface area contributed by atoms with Gasteiger partial charge in [-0.2, -0.15) is 4.98 Å². The molecule has 4 aliphatic rings. The smallest absolute Gasteiger partial charge is 0.245 e. The van der Waals surface area contributed by atoms with Gasteiger partial charge in [0.25, 0.3) is 0 Å². The van der Waals surface area contributed by atoms with Crippen molar-refractivity contribution in [2.24, 2.45) is 0 Å². The summed E-state index contributed by atoms with van der Waals surface area (Å²) in [6.07, 6.45) is 0.473. The summed E-state index contributed by atoms with van der Waals surface area (Å²) in [4.78, 5) is 28.0. The Morgan fingerprint density at radius 2 is 1.85 bits per heavy atom. The Balaban J connectivity index is 1.23. The third kappa shape index (κ3) is 6.69. The summed E-state index contributed by atoms with van der Waals surface area (Å²) < 4.78 is 45.7. The Bertz CT molecular complexity index is 1770. The number of fused-ring (bicyclic) bond motifs is 3. The van der Waals surface area contributed by atoms with Gasteiger partial charge in [0.2, 0.25) is 11.9 Å². The summed E-state index contributed by atoms with van der Waals surface area (Å²) >= 11 is 0. The summed E-state index contributed by atoms with van der Waals surface area (Å²) in [5.41, 5.74) is 3.75. The van der Waals surface area contributed by atoms with Crippen LogP contribution < -0.4 is 15.1 Å². The van der Waals surface area contributed by atoms with Crippen molar-refractivity contribution in [2.45, 2.75) is 57.7 Å². The molecule has 0 radical (unpaired) electrons. The van der Waals surface area contributed by atoms with Crippen LogP contribution in [0.4, 0.5) is 16.0 Å². The van der Waals surface area contributed by atoms with Crippen molar-refractivity contribution in [3.8, 4) is 0 Å². The van der Waals surface area contributed by atoms with Crippen LogP contribution in [-0.4, -0.2) is 134 Å². The summed E-state index contributed by atoms with van der Waals surface area (Å²) in [6, 6.07) is 9.30. The molecule has 3 saturated heterocycles. The van der Waals surface area contributed by atoms with Gasteiger partial charge in [-0.1, -0.05) is 26.0 Å². The van der Waals surface area contributed by atoms with E-state index in [4.69, 9.17) is 14.8 Å². The zero-order chi connectivity index (χ0) is 33.8. The molecule has 12 nitrogen and oxygen atoms in total. The van der Waals surface area contributed by atoms with Crippen LogP contribution in [0.3, 0.4) is 0 Å². The van der Waals surface area contributed by atoms with Crippen LogP contribution in [0.5, 0.6) is 0 Å².